The number of hydrogen-bond acceptors (Lipinski definition) is 3. The van der Waals surface area contributed by atoms with Crippen molar-refractivity contribution in [2.45, 2.75) is 38.5 Å². The van der Waals surface area contributed by atoms with Crippen molar-refractivity contribution in [3.05, 3.63) is 30.3 Å². The SMILES string of the molecule is CN=C(NCCCCCN1CCCCC1)N(C)CCOc1ccccc1.I. The van der Waals surface area contributed by atoms with Crippen molar-refractivity contribution in [2.24, 2.45) is 4.99 Å². The van der Waals surface area contributed by atoms with Crippen LogP contribution in [0.4, 0.5) is 0 Å². The van der Waals surface area contributed by atoms with E-state index in [1.165, 1.54) is 58.2 Å². The van der Waals surface area contributed by atoms with Crippen LogP contribution in [0.5, 0.6) is 5.75 Å². The summed E-state index contributed by atoms with van der Waals surface area (Å²) in [6.07, 6.45) is 7.98. The summed E-state index contributed by atoms with van der Waals surface area (Å²) in [6, 6.07) is 9.95. The average molecular weight is 488 g/mol. The number of nitrogens with one attached hydrogen (secondary N) is 1. The van der Waals surface area contributed by atoms with Crippen LogP contribution in [-0.2, 0) is 0 Å². The van der Waals surface area contributed by atoms with Crippen LogP contribution in [0, 0.1) is 0 Å². The van der Waals surface area contributed by atoms with E-state index in [1.807, 2.05) is 37.4 Å². The number of aliphatic imine (C=N–C) groups is 1. The molecule has 2 rings (SSSR count). The molecule has 0 spiro atoms. The fourth-order valence-corrected chi connectivity index (χ4v) is 3.33. The van der Waals surface area contributed by atoms with Gasteiger partial charge in [-0.05, 0) is 57.5 Å². The number of para-hydroxylation sites is 1. The van der Waals surface area contributed by atoms with Gasteiger partial charge in [0.15, 0.2) is 5.96 Å². The molecule has 0 aliphatic carbocycles. The molecule has 1 saturated heterocycles. The molecule has 0 radical (unpaired) electrons. The average Bonchev–Trinajstić information content (AvgIpc) is 2.69. The minimum atomic E-state index is 0. The van der Waals surface area contributed by atoms with Crippen molar-refractivity contribution in [3.63, 3.8) is 0 Å². The number of ether oxygens (including phenoxy) is 1. The lowest BCUT2D eigenvalue weighted by Gasteiger charge is -2.26. The van der Waals surface area contributed by atoms with Crippen molar-refractivity contribution in [1.82, 2.24) is 15.1 Å². The maximum atomic E-state index is 5.76. The van der Waals surface area contributed by atoms with E-state index < -0.39 is 0 Å². The number of rotatable bonds is 10. The zero-order valence-corrected chi connectivity index (χ0v) is 19.4. The summed E-state index contributed by atoms with van der Waals surface area (Å²) >= 11 is 0. The molecule has 0 unspecified atom stereocenters. The van der Waals surface area contributed by atoms with E-state index in [-0.39, 0.29) is 24.0 Å². The standard InChI is InChI=1S/C21H36N4O.HI/c1-22-21(24(2)18-19-26-20-12-6-3-7-13-20)23-14-8-4-9-15-25-16-10-5-11-17-25;/h3,6-7,12-13H,4-5,8-11,14-19H2,1-2H3,(H,22,23);1H. The third kappa shape index (κ3) is 10.2. The molecule has 5 nitrogen and oxygen atoms in total. The van der Waals surface area contributed by atoms with E-state index >= 15 is 0 Å². The molecule has 1 aliphatic rings. The Morgan fingerprint density at radius 1 is 1.11 bits per heavy atom. The highest BCUT2D eigenvalue weighted by Gasteiger charge is 2.09. The number of likely N-dealkylation sites (N-methyl/N-ethyl adjacent to an activating group) is 1. The van der Waals surface area contributed by atoms with Crippen LogP contribution in [0.1, 0.15) is 38.5 Å². The molecule has 6 heteroatoms. The zero-order valence-electron chi connectivity index (χ0n) is 17.0. The van der Waals surface area contributed by atoms with Crippen LogP contribution in [0.2, 0.25) is 0 Å². The van der Waals surface area contributed by atoms with Crippen molar-refractivity contribution < 1.29 is 4.74 Å². The molecule has 1 heterocycles. The maximum absolute atomic E-state index is 5.76. The Balaban J connectivity index is 0.00000364. The minimum Gasteiger partial charge on any atom is -0.492 e. The number of likely N-dealkylation sites (tertiary alicyclic amines) is 1. The second kappa shape index (κ2) is 15.0. The molecule has 0 bridgehead atoms. The van der Waals surface area contributed by atoms with Gasteiger partial charge in [-0.1, -0.05) is 31.0 Å². The van der Waals surface area contributed by atoms with Gasteiger partial charge >= 0.3 is 0 Å². The number of unbranched alkanes of at least 4 members (excludes halogenated alkanes) is 2. The second-order valence-electron chi connectivity index (χ2n) is 7.02. The maximum Gasteiger partial charge on any atom is 0.193 e. The van der Waals surface area contributed by atoms with Gasteiger partial charge < -0.3 is 19.9 Å². The first-order valence-electron chi connectivity index (χ1n) is 10.1. The van der Waals surface area contributed by atoms with Gasteiger partial charge in [-0.15, -0.1) is 24.0 Å². The second-order valence-corrected chi connectivity index (χ2v) is 7.02. The number of nitrogens with zero attached hydrogens (tertiary/aromatic N) is 3. The van der Waals surface area contributed by atoms with E-state index in [9.17, 15) is 0 Å². The van der Waals surface area contributed by atoms with Crippen LogP contribution in [0.15, 0.2) is 35.3 Å². The predicted molar refractivity (Wildman–Crippen MR) is 125 cm³/mol. The van der Waals surface area contributed by atoms with Gasteiger partial charge in [-0.25, -0.2) is 0 Å². The summed E-state index contributed by atoms with van der Waals surface area (Å²) < 4.78 is 5.76. The third-order valence-corrected chi connectivity index (χ3v) is 4.89. The Morgan fingerprint density at radius 3 is 2.56 bits per heavy atom. The Morgan fingerprint density at radius 2 is 1.85 bits per heavy atom. The summed E-state index contributed by atoms with van der Waals surface area (Å²) in [4.78, 5) is 9.12. The van der Waals surface area contributed by atoms with Crippen molar-refractivity contribution in [1.29, 1.82) is 0 Å². The minimum absolute atomic E-state index is 0. The molecule has 0 atom stereocenters. The normalized spacial score (nSPS) is 15.1. The van der Waals surface area contributed by atoms with Gasteiger partial charge in [0.25, 0.3) is 0 Å². The fraction of sp³-hybridized carbons (Fsp3) is 0.667. The van der Waals surface area contributed by atoms with E-state index in [4.69, 9.17) is 4.74 Å². The van der Waals surface area contributed by atoms with Crippen LogP contribution in [-0.4, -0.2) is 69.2 Å². The van der Waals surface area contributed by atoms with Gasteiger partial charge in [0.1, 0.15) is 12.4 Å². The van der Waals surface area contributed by atoms with Gasteiger partial charge in [0, 0.05) is 20.6 Å². The van der Waals surface area contributed by atoms with Crippen LogP contribution in [0.25, 0.3) is 0 Å². The highest BCUT2D eigenvalue weighted by Crippen LogP contribution is 2.10. The molecule has 0 amide bonds. The van der Waals surface area contributed by atoms with Crippen LogP contribution >= 0.6 is 24.0 Å². The third-order valence-electron chi connectivity index (χ3n) is 4.89. The fourth-order valence-electron chi connectivity index (χ4n) is 3.33. The van der Waals surface area contributed by atoms with Crippen molar-refractivity contribution >= 4 is 29.9 Å². The predicted octanol–water partition coefficient (Wildman–Crippen LogP) is 3.85. The number of halogens is 1. The van der Waals surface area contributed by atoms with Gasteiger partial charge in [-0.3, -0.25) is 4.99 Å². The van der Waals surface area contributed by atoms with E-state index in [2.05, 4.69) is 27.2 Å². The van der Waals surface area contributed by atoms with E-state index in [0.717, 1.165) is 24.8 Å². The number of piperidine rings is 1. The Hall–Kier alpha value is -1.02. The molecule has 1 N–H and O–H groups in total. The monoisotopic (exact) mass is 488 g/mol. The molecule has 1 aromatic rings. The van der Waals surface area contributed by atoms with E-state index in [0.29, 0.717) is 6.61 Å². The molecule has 1 fully saturated rings. The Kier molecular flexibility index (Phi) is 13.3. The first-order chi connectivity index (χ1) is 12.8. The molecule has 27 heavy (non-hydrogen) atoms. The molecule has 0 aromatic heterocycles. The topological polar surface area (TPSA) is 40.1 Å². The summed E-state index contributed by atoms with van der Waals surface area (Å²) in [6.45, 7) is 6.32. The quantitative estimate of drug-likeness (QED) is 0.235. The van der Waals surface area contributed by atoms with Crippen molar-refractivity contribution in [3.8, 4) is 5.75 Å². The summed E-state index contributed by atoms with van der Waals surface area (Å²) in [5.41, 5.74) is 0. The summed E-state index contributed by atoms with van der Waals surface area (Å²) in [7, 11) is 3.90. The lowest BCUT2D eigenvalue weighted by Crippen LogP contribution is -2.41. The lowest BCUT2D eigenvalue weighted by atomic mass is 10.1. The van der Waals surface area contributed by atoms with Gasteiger partial charge in [0.05, 0.1) is 6.54 Å². The summed E-state index contributed by atoms with van der Waals surface area (Å²) in [5.74, 6) is 1.86. The highest BCUT2D eigenvalue weighted by atomic mass is 127. The van der Waals surface area contributed by atoms with Crippen LogP contribution < -0.4 is 10.1 Å². The molecular formula is C21H37IN4O. The first kappa shape index (κ1) is 24.0. The highest BCUT2D eigenvalue weighted by molar-refractivity contribution is 14.0. The van der Waals surface area contributed by atoms with Gasteiger partial charge in [0.2, 0.25) is 0 Å². The molecule has 1 aromatic carbocycles. The Labute approximate surface area is 182 Å². The summed E-state index contributed by atoms with van der Waals surface area (Å²) in [5, 5.41) is 3.46. The lowest BCUT2D eigenvalue weighted by molar-refractivity contribution is 0.224. The molecular weight excluding hydrogens is 451 g/mol. The largest absolute Gasteiger partial charge is 0.492 e. The van der Waals surface area contributed by atoms with E-state index in [1.54, 1.807) is 0 Å². The molecule has 154 valence electrons. The number of hydrogen-bond donors (Lipinski definition) is 1. The zero-order chi connectivity index (χ0) is 18.5. The first-order valence-corrected chi connectivity index (χ1v) is 10.1. The molecule has 0 saturated carbocycles. The Bertz CT molecular complexity index is 506. The molecule has 1 aliphatic heterocycles. The number of guanidine groups is 1. The van der Waals surface area contributed by atoms with Crippen molar-refractivity contribution in [2.75, 3.05) is 53.4 Å². The number of benzene rings is 1. The van der Waals surface area contributed by atoms with Gasteiger partial charge in [-0.2, -0.15) is 0 Å². The van der Waals surface area contributed by atoms with Crippen LogP contribution in [0.3, 0.4) is 0 Å². The smallest absolute Gasteiger partial charge is 0.193 e.